The fourth-order valence-corrected chi connectivity index (χ4v) is 3.90. The molecule has 0 aliphatic carbocycles. The summed E-state index contributed by atoms with van der Waals surface area (Å²) in [6.45, 7) is 2.09. The van der Waals surface area contributed by atoms with E-state index < -0.39 is 35.2 Å². The number of para-hydroxylation sites is 1. The lowest BCUT2D eigenvalue weighted by Gasteiger charge is -2.32. The highest BCUT2D eigenvalue weighted by atomic mass is 19.4. The van der Waals surface area contributed by atoms with Crippen molar-refractivity contribution >= 4 is 10.9 Å². The lowest BCUT2D eigenvalue weighted by atomic mass is 10.1. The third-order valence-electron chi connectivity index (χ3n) is 5.47. The lowest BCUT2D eigenvalue weighted by Crippen LogP contribution is -2.37. The zero-order valence-corrected chi connectivity index (χ0v) is 16.9. The van der Waals surface area contributed by atoms with Gasteiger partial charge in [0.05, 0.1) is 11.1 Å². The largest absolute Gasteiger partial charge is 0.490 e. The molecule has 2 aromatic carbocycles. The van der Waals surface area contributed by atoms with Crippen molar-refractivity contribution in [2.24, 2.45) is 0 Å². The van der Waals surface area contributed by atoms with E-state index in [4.69, 9.17) is 4.74 Å². The van der Waals surface area contributed by atoms with Gasteiger partial charge in [0.2, 0.25) is 0 Å². The fraction of sp³-hybridized carbons (Fsp3) is 0.348. The first-order valence-corrected chi connectivity index (χ1v) is 10.1. The minimum Gasteiger partial charge on any atom is -0.490 e. The molecule has 32 heavy (non-hydrogen) atoms. The number of aromatic nitrogens is 1. The maximum Gasteiger partial charge on any atom is 0.433 e. The molecule has 0 N–H and O–H groups in total. The molecule has 0 radical (unpaired) electrons. The SMILES string of the molecule is FC(F)(F)c1cc(OC2CCN(Cc3ccccc3)CC2)c2cccc(C(F)(F)F)c2n1. The number of benzene rings is 2. The molecule has 0 saturated carbocycles. The van der Waals surface area contributed by atoms with Crippen molar-refractivity contribution in [1.29, 1.82) is 0 Å². The van der Waals surface area contributed by atoms with Gasteiger partial charge in [-0.2, -0.15) is 26.3 Å². The number of alkyl halides is 6. The molecule has 1 saturated heterocycles. The highest BCUT2D eigenvalue weighted by molar-refractivity contribution is 5.88. The maximum atomic E-state index is 13.4. The number of pyridine rings is 1. The van der Waals surface area contributed by atoms with Gasteiger partial charge < -0.3 is 4.74 Å². The number of hydrogen-bond donors (Lipinski definition) is 0. The Morgan fingerprint density at radius 3 is 2.19 bits per heavy atom. The van der Waals surface area contributed by atoms with Crippen LogP contribution in [0.1, 0.15) is 29.7 Å². The van der Waals surface area contributed by atoms with Gasteiger partial charge in [-0.05, 0) is 30.5 Å². The topological polar surface area (TPSA) is 25.4 Å². The molecule has 1 aliphatic heterocycles. The van der Waals surface area contributed by atoms with Crippen molar-refractivity contribution in [1.82, 2.24) is 9.88 Å². The summed E-state index contributed by atoms with van der Waals surface area (Å²) in [7, 11) is 0. The number of halogens is 6. The van der Waals surface area contributed by atoms with E-state index in [-0.39, 0.29) is 11.1 Å². The first kappa shape index (κ1) is 22.4. The zero-order valence-electron chi connectivity index (χ0n) is 16.9. The Kier molecular flexibility index (Phi) is 6.03. The van der Waals surface area contributed by atoms with Gasteiger partial charge in [-0.1, -0.05) is 36.4 Å². The fourth-order valence-electron chi connectivity index (χ4n) is 3.90. The normalized spacial score (nSPS) is 16.4. The van der Waals surface area contributed by atoms with E-state index >= 15 is 0 Å². The number of piperidine rings is 1. The van der Waals surface area contributed by atoms with Gasteiger partial charge in [0, 0.05) is 31.1 Å². The van der Waals surface area contributed by atoms with E-state index in [1.165, 1.54) is 6.07 Å². The summed E-state index contributed by atoms with van der Waals surface area (Å²) in [5.74, 6) is -0.227. The number of ether oxygens (including phenoxy) is 1. The number of nitrogens with zero attached hydrogens (tertiary/aromatic N) is 2. The van der Waals surface area contributed by atoms with Crippen molar-refractivity contribution in [3.63, 3.8) is 0 Å². The third-order valence-corrected chi connectivity index (χ3v) is 5.47. The quantitative estimate of drug-likeness (QED) is 0.432. The van der Waals surface area contributed by atoms with Crippen LogP contribution in [-0.2, 0) is 18.9 Å². The van der Waals surface area contributed by atoms with Gasteiger partial charge in [-0.15, -0.1) is 0 Å². The Morgan fingerprint density at radius 2 is 1.56 bits per heavy atom. The van der Waals surface area contributed by atoms with Crippen molar-refractivity contribution < 1.29 is 31.1 Å². The summed E-state index contributed by atoms with van der Waals surface area (Å²) >= 11 is 0. The Balaban J connectivity index is 1.58. The maximum absolute atomic E-state index is 13.4. The van der Waals surface area contributed by atoms with Gasteiger partial charge in [0.1, 0.15) is 17.5 Å². The Labute approximate surface area is 180 Å². The molecule has 1 aliphatic rings. The first-order valence-electron chi connectivity index (χ1n) is 10.1. The van der Waals surface area contributed by atoms with E-state index in [1.54, 1.807) is 0 Å². The predicted octanol–water partition coefficient (Wildman–Crippen LogP) is 6.32. The standard InChI is InChI=1S/C23H20F6N2O/c24-22(25,26)18-8-4-7-17-19(13-20(23(27,28)29)30-21(17)18)32-16-9-11-31(12-10-16)14-15-5-2-1-3-6-15/h1-8,13,16H,9-12,14H2. The number of likely N-dealkylation sites (tertiary alicyclic amines) is 1. The van der Waals surface area contributed by atoms with E-state index in [2.05, 4.69) is 9.88 Å². The molecule has 4 rings (SSSR count). The minimum atomic E-state index is -4.90. The summed E-state index contributed by atoms with van der Waals surface area (Å²) in [5.41, 5.74) is -2.23. The monoisotopic (exact) mass is 454 g/mol. The molecule has 1 fully saturated rings. The molecule has 0 spiro atoms. The molecule has 2 heterocycles. The second-order valence-corrected chi connectivity index (χ2v) is 7.78. The molecular weight excluding hydrogens is 434 g/mol. The van der Waals surface area contributed by atoms with Crippen molar-refractivity contribution in [2.45, 2.75) is 37.8 Å². The van der Waals surface area contributed by atoms with E-state index in [1.807, 2.05) is 30.3 Å². The molecule has 0 amide bonds. The van der Waals surface area contributed by atoms with E-state index in [9.17, 15) is 26.3 Å². The lowest BCUT2D eigenvalue weighted by molar-refractivity contribution is -0.142. The molecule has 0 unspecified atom stereocenters. The van der Waals surface area contributed by atoms with Crippen molar-refractivity contribution in [3.05, 3.63) is 71.4 Å². The molecule has 9 heteroatoms. The smallest absolute Gasteiger partial charge is 0.433 e. The second kappa shape index (κ2) is 8.61. The molecule has 3 aromatic rings. The molecule has 1 aromatic heterocycles. The van der Waals surface area contributed by atoms with E-state index in [0.717, 1.165) is 24.2 Å². The number of hydrogen-bond acceptors (Lipinski definition) is 3. The highest BCUT2D eigenvalue weighted by Gasteiger charge is 2.38. The van der Waals surface area contributed by atoms with Gasteiger partial charge in [-0.25, -0.2) is 4.98 Å². The summed E-state index contributed by atoms with van der Waals surface area (Å²) in [6, 6.07) is 13.7. The summed E-state index contributed by atoms with van der Waals surface area (Å²) < 4.78 is 86.1. The van der Waals surface area contributed by atoms with Crippen molar-refractivity contribution in [3.8, 4) is 5.75 Å². The molecular formula is C23H20F6N2O. The number of fused-ring (bicyclic) bond motifs is 1. The van der Waals surface area contributed by atoms with Crippen LogP contribution >= 0.6 is 0 Å². The molecule has 0 bridgehead atoms. The van der Waals surface area contributed by atoms with Crippen LogP contribution in [0, 0.1) is 0 Å². The molecule has 170 valence electrons. The van der Waals surface area contributed by atoms with Gasteiger partial charge >= 0.3 is 12.4 Å². The first-order chi connectivity index (χ1) is 15.1. The van der Waals surface area contributed by atoms with Gasteiger partial charge in [0.15, 0.2) is 0 Å². The van der Waals surface area contributed by atoms with Gasteiger partial charge in [0.25, 0.3) is 0 Å². The average molecular weight is 454 g/mol. The third kappa shape index (κ3) is 4.98. The van der Waals surface area contributed by atoms with Crippen LogP contribution in [0.2, 0.25) is 0 Å². The highest BCUT2D eigenvalue weighted by Crippen LogP contribution is 2.40. The minimum absolute atomic E-state index is 0.0838. The Hall–Kier alpha value is -2.81. The summed E-state index contributed by atoms with van der Waals surface area (Å²) in [5, 5.41) is -0.0838. The van der Waals surface area contributed by atoms with E-state index in [0.29, 0.717) is 32.0 Å². The van der Waals surface area contributed by atoms with Crippen LogP contribution in [0.5, 0.6) is 5.75 Å². The molecule has 0 atom stereocenters. The van der Waals surface area contributed by atoms with Crippen LogP contribution in [0.25, 0.3) is 10.9 Å². The summed E-state index contributed by atoms with van der Waals surface area (Å²) in [6.07, 6.45) is -9.03. The Bertz CT molecular complexity index is 1070. The zero-order chi connectivity index (χ0) is 22.9. The predicted molar refractivity (Wildman–Crippen MR) is 107 cm³/mol. The van der Waals surface area contributed by atoms with Crippen molar-refractivity contribution in [2.75, 3.05) is 13.1 Å². The summed E-state index contributed by atoms with van der Waals surface area (Å²) in [4.78, 5) is 5.50. The van der Waals surface area contributed by atoms with Crippen LogP contribution in [0.4, 0.5) is 26.3 Å². The Morgan fingerprint density at radius 1 is 0.875 bits per heavy atom. The van der Waals surface area contributed by atoms with Crippen LogP contribution in [0.15, 0.2) is 54.6 Å². The average Bonchev–Trinajstić information content (AvgIpc) is 2.74. The van der Waals surface area contributed by atoms with Crippen LogP contribution < -0.4 is 4.74 Å². The van der Waals surface area contributed by atoms with Crippen LogP contribution in [-0.4, -0.2) is 29.1 Å². The molecule has 3 nitrogen and oxygen atoms in total. The second-order valence-electron chi connectivity index (χ2n) is 7.78. The number of rotatable bonds is 4. The van der Waals surface area contributed by atoms with Gasteiger partial charge in [-0.3, -0.25) is 4.90 Å². The van der Waals surface area contributed by atoms with Crippen LogP contribution in [0.3, 0.4) is 0 Å².